The van der Waals surface area contributed by atoms with Gasteiger partial charge in [-0.1, -0.05) is 0 Å². The molecular formula is C9H14N2O6S. The first kappa shape index (κ1) is 13.2. The largest absolute Gasteiger partial charge is 0.481 e. The van der Waals surface area contributed by atoms with Crippen LogP contribution in [-0.4, -0.2) is 48.4 Å². The minimum Gasteiger partial charge on any atom is -0.481 e. The fourth-order valence-electron chi connectivity index (χ4n) is 3.08. The molecule has 18 heavy (non-hydrogen) atoms. The molecule has 2 rings (SSSR count). The maximum atomic E-state index is 11.2. The fourth-order valence-corrected chi connectivity index (χ4v) is 3.87. The summed E-state index contributed by atoms with van der Waals surface area (Å²) in [6.45, 7) is 0. The van der Waals surface area contributed by atoms with E-state index in [-0.39, 0.29) is 6.42 Å². The van der Waals surface area contributed by atoms with Crippen molar-refractivity contribution in [3.8, 4) is 0 Å². The number of rotatable bonds is 4. The standard InChI is InChI=1S/C9H14N2O6S/c1-18(16,17)11-3-2-9(10,8(14)15)6-4(3)5(6)7(12)13/h3-6,11H,2,10H2,1H3,(H,12,13)(H,14,15)/t3-,4+,5+,6+,9+/m1/s1. The summed E-state index contributed by atoms with van der Waals surface area (Å²) >= 11 is 0. The Morgan fingerprint density at radius 3 is 2.33 bits per heavy atom. The Labute approximate surface area is 103 Å². The topological polar surface area (TPSA) is 147 Å². The first-order chi connectivity index (χ1) is 8.08. The maximum absolute atomic E-state index is 11.2. The molecule has 0 spiro atoms. The minimum atomic E-state index is -3.53. The van der Waals surface area contributed by atoms with Crippen LogP contribution in [0.15, 0.2) is 0 Å². The highest BCUT2D eigenvalue weighted by Crippen LogP contribution is 2.61. The van der Waals surface area contributed by atoms with Crippen LogP contribution in [-0.2, 0) is 19.6 Å². The lowest BCUT2D eigenvalue weighted by molar-refractivity contribution is -0.145. The van der Waals surface area contributed by atoms with Crippen molar-refractivity contribution in [1.82, 2.24) is 4.72 Å². The van der Waals surface area contributed by atoms with Gasteiger partial charge in [0.25, 0.3) is 0 Å². The van der Waals surface area contributed by atoms with Crippen molar-refractivity contribution in [1.29, 1.82) is 0 Å². The van der Waals surface area contributed by atoms with Crippen LogP contribution in [0.2, 0.25) is 0 Å². The number of carbonyl (C=O) groups is 2. The van der Waals surface area contributed by atoms with E-state index >= 15 is 0 Å². The Morgan fingerprint density at radius 2 is 1.94 bits per heavy atom. The van der Waals surface area contributed by atoms with Crippen molar-refractivity contribution in [2.24, 2.45) is 23.5 Å². The third kappa shape index (κ3) is 1.88. The monoisotopic (exact) mass is 278 g/mol. The summed E-state index contributed by atoms with van der Waals surface area (Å²) in [6, 6.07) is -0.729. The molecule has 9 heteroatoms. The van der Waals surface area contributed by atoms with Crippen LogP contribution >= 0.6 is 0 Å². The van der Waals surface area contributed by atoms with Crippen LogP contribution in [0.4, 0.5) is 0 Å². The molecule has 0 unspecified atom stereocenters. The number of fused-ring (bicyclic) bond motifs is 1. The van der Waals surface area contributed by atoms with E-state index in [1.165, 1.54) is 0 Å². The highest BCUT2D eigenvalue weighted by Gasteiger charge is 2.74. The molecule has 0 radical (unpaired) electrons. The Balaban J connectivity index is 2.27. The van der Waals surface area contributed by atoms with E-state index in [9.17, 15) is 18.0 Å². The normalized spacial score (nSPS) is 42.3. The van der Waals surface area contributed by atoms with Gasteiger partial charge in [0.2, 0.25) is 10.0 Å². The Morgan fingerprint density at radius 1 is 1.39 bits per heavy atom. The van der Waals surface area contributed by atoms with Crippen LogP contribution in [0.1, 0.15) is 6.42 Å². The molecule has 0 aliphatic heterocycles. The van der Waals surface area contributed by atoms with Gasteiger partial charge in [0.15, 0.2) is 0 Å². The number of carboxylic acid groups (broad SMARTS) is 2. The first-order valence-corrected chi connectivity index (χ1v) is 7.19. The lowest BCUT2D eigenvalue weighted by atomic mass is 9.90. The summed E-state index contributed by atoms with van der Waals surface area (Å²) in [5.74, 6) is -4.58. The molecule has 102 valence electrons. The van der Waals surface area contributed by atoms with Gasteiger partial charge in [0, 0.05) is 12.0 Å². The number of sulfonamides is 1. The third-order valence-corrected chi connectivity index (χ3v) is 4.47. The van der Waals surface area contributed by atoms with E-state index in [2.05, 4.69) is 4.72 Å². The van der Waals surface area contributed by atoms with Crippen molar-refractivity contribution in [2.45, 2.75) is 18.0 Å². The zero-order valence-corrected chi connectivity index (χ0v) is 10.3. The molecule has 2 fully saturated rings. The summed E-state index contributed by atoms with van der Waals surface area (Å²) in [7, 11) is -3.53. The second-order valence-corrected chi connectivity index (χ2v) is 6.79. The minimum absolute atomic E-state index is 0.0888. The summed E-state index contributed by atoms with van der Waals surface area (Å²) < 4.78 is 24.6. The summed E-state index contributed by atoms with van der Waals surface area (Å²) in [5, 5.41) is 18.1. The zero-order chi connectivity index (χ0) is 13.9. The van der Waals surface area contributed by atoms with Gasteiger partial charge >= 0.3 is 11.9 Å². The zero-order valence-electron chi connectivity index (χ0n) is 9.53. The molecule has 0 aromatic carbocycles. The predicted octanol–water partition coefficient (Wildman–Crippen LogP) is -1.96. The number of nitrogens with two attached hydrogens (primary N) is 1. The maximum Gasteiger partial charge on any atom is 0.324 e. The van der Waals surface area contributed by atoms with Crippen LogP contribution < -0.4 is 10.5 Å². The Hall–Kier alpha value is -1.19. The molecular weight excluding hydrogens is 264 g/mol. The smallest absolute Gasteiger partial charge is 0.324 e. The molecule has 8 nitrogen and oxygen atoms in total. The molecule has 0 amide bonds. The summed E-state index contributed by atoms with van der Waals surface area (Å²) in [6.07, 6.45) is 0.853. The lowest BCUT2D eigenvalue weighted by Crippen LogP contribution is -2.52. The average Bonchev–Trinajstić information content (AvgIpc) is 2.82. The molecule has 2 aliphatic carbocycles. The van der Waals surface area contributed by atoms with E-state index in [0.29, 0.717) is 0 Å². The van der Waals surface area contributed by atoms with Gasteiger partial charge < -0.3 is 15.9 Å². The molecule has 2 saturated carbocycles. The molecule has 5 atom stereocenters. The second-order valence-electron chi connectivity index (χ2n) is 5.01. The van der Waals surface area contributed by atoms with Crippen LogP contribution in [0, 0.1) is 17.8 Å². The van der Waals surface area contributed by atoms with Gasteiger partial charge in [-0.15, -0.1) is 0 Å². The number of aliphatic carboxylic acids is 2. The van der Waals surface area contributed by atoms with E-state index in [4.69, 9.17) is 15.9 Å². The first-order valence-electron chi connectivity index (χ1n) is 5.30. The summed E-state index contributed by atoms with van der Waals surface area (Å²) in [5.41, 5.74) is 4.06. The van der Waals surface area contributed by atoms with Crippen LogP contribution in [0.25, 0.3) is 0 Å². The predicted molar refractivity (Wildman–Crippen MR) is 59.0 cm³/mol. The highest BCUT2D eigenvalue weighted by atomic mass is 32.2. The van der Waals surface area contributed by atoms with Gasteiger partial charge in [0.1, 0.15) is 5.54 Å². The van der Waals surface area contributed by atoms with Crippen molar-refractivity contribution in [2.75, 3.05) is 6.26 Å². The van der Waals surface area contributed by atoms with Gasteiger partial charge in [-0.25, -0.2) is 13.1 Å². The average molecular weight is 278 g/mol. The number of hydrogen-bond acceptors (Lipinski definition) is 5. The molecule has 0 bridgehead atoms. The van der Waals surface area contributed by atoms with Crippen molar-refractivity contribution >= 4 is 22.0 Å². The van der Waals surface area contributed by atoms with Crippen molar-refractivity contribution in [3.05, 3.63) is 0 Å². The van der Waals surface area contributed by atoms with Gasteiger partial charge in [-0.2, -0.15) is 0 Å². The molecule has 0 saturated heterocycles. The number of hydrogen-bond donors (Lipinski definition) is 4. The van der Waals surface area contributed by atoms with E-state index in [0.717, 1.165) is 6.26 Å². The molecule has 0 heterocycles. The highest BCUT2D eigenvalue weighted by molar-refractivity contribution is 7.88. The van der Waals surface area contributed by atoms with Crippen LogP contribution in [0.3, 0.4) is 0 Å². The van der Waals surface area contributed by atoms with Gasteiger partial charge in [-0.05, 0) is 12.3 Å². The number of carboxylic acids is 2. The Bertz CT molecular complexity index is 517. The molecule has 0 aromatic rings. The lowest BCUT2D eigenvalue weighted by Gasteiger charge is -2.24. The molecule has 2 aliphatic rings. The van der Waals surface area contributed by atoms with E-state index in [1.54, 1.807) is 0 Å². The van der Waals surface area contributed by atoms with Gasteiger partial charge in [0.05, 0.1) is 12.2 Å². The van der Waals surface area contributed by atoms with E-state index in [1.807, 2.05) is 0 Å². The number of nitrogens with one attached hydrogen (secondary N) is 1. The van der Waals surface area contributed by atoms with Crippen LogP contribution in [0.5, 0.6) is 0 Å². The third-order valence-electron chi connectivity index (χ3n) is 3.74. The SMILES string of the molecule is CS(=O)(=O)N[C@@H]1C[C@@](N)(C(=O)O)[C@@H]2[C@@H](C(=O)O)[C@@H]21. The molecule has 0 aromatic heterocycles. The Kier molecular flexibility index (Phi) is 2.69. The van der Waals surface area contributed by atoms with Gasteiger partial charge in [-0.3, -0.25) is 9.59 Å². The van der Waals surface area contributed by atoms with Crippen molar-refractivity contribution in [3.63, 3.8) is 0 Å². The quantitative estimate of drug-likeness (QED) is 0.466. The summed E-state index contributed by atoms with van der Waals surface area (Å²) in [4.78, 5) is 22.1. The molecule has 5 N–H and O–H groups in total. The van der Waals surface area contributed by atoms with E-state index < -0.39 is 51.3 Å². The fraction of sp³-hybridized carbons (Fsp3) is 0.778. The second kappa shape index (κ2) is 3.65. The van der Waals surface area contributed by atoms with Crippen molar-refractivity contribution < 1.29 is 28.2 Å².